The van der Waals surface area contributed by atoms with E-state index < -0.39 is 5.76 Å². The van der Waals surface area contributed by atoms with Crippen molar-refractivity contribution in [3.8, 4) is 11.5 Å². The molecule has 1 N–H and O–H groups in total. The van der Waals surface area contributed by atoms with Crippen LogP contribution < -0.4 is 14.8 Å². The summed E-state index contributed by atoms with van der Waals surface area (Å²) in [6, 6.07) is 12.0. The maximum atomic E-state index is 13.0. The SMILES string of the molecule is CCN(CC(=O)Nc1ccc2c(c1)OCCO2)C(=O)Cn1c(SC(F)F)nc2ccccc21. The zero-order chi connectivity index (χ0) is 23.4. The lowest BCUT2D eigenvalue weighted by atomic mass is 10.2. The summed E-state index contributed by atoms with van der Waals surface area (Å²) < 4.78 is 38.5. The molecule has 0 atom stereocenters. The molecule has 8 nitrogen and oxygen atoms in total. The molecule has 3 aromatic rings. The molecule has 1 aromatic heterocycles. The van der Waals surface area contributed by atoms with Crippen LogP contribution in [0.4, 0.5) is 14.5 Å². The number of anilines is 1. The third-order valence-electron chi connectivity index (χ3n) is 5.00. The Hall–Kier alpha value is -3.34. The molecule has 2 aromatic carbocycles. The molecule has 0 saturated carbocycles. The van der Waals surface area contributed by atoms with Crippen LogP contribution in [0.2, 0.25) is 0 Å². The van der Waals surface area contributed by atoms with Crippen molar-refractivity contribution in [1.29, 1.82) is 0 Å². The molecule has 0 aliphatic carbocycles. The summed E-state index contributed by atoms with van der Waals surface area (Å²) >= 11 is 0.285. The number of nitrogens with zero attached hydrogens (tertiary/aromatic N) is 3. The van der Waals surface area contributed by atoms with E-state index in [1.54, 1.807) is 49.4 Å². The third kappa shape index (κ3) is 5.36. The van der Waals surface area contributed by atoms with Crippen LogP contribution in [-0.2, 0) is 16.1 Å². The molecule has 2 amide bonds. The van der Waals surface area contributed by atoms with Gasteiger partial charge in [0.05, 0.1) is 17.6 Å². The molecule has 4 rings (SSSR count). The van der Waals surface area contributed by atoms with E-state index in [1.807, 2.05) is 0 Å². The number of carbonyl (C=O) groups is 2. The highest BCUT2D eigenvalue weighted by Gasteiger charge is 2.22. The van der Waals surface area contributed by atoms with Crippen LogP contribution in [0, 0.1) is 0 Å². The zero-order valence-corrected chi connectivity index (χ0v) is 18.6. The van der Waals surface area contributed by atoms with E-state index in [0.717, 1.165) is 0 Å². The third-order valence-corrected chi connectivity index (χ3v) is 5.70. The van der Waals surface area contributed by atoms with Crippen molar-refractivity contribution in [1.82, 2.24) is 14.5 Å². The predicted octanol–water partition coefficient (Wildman–Crippen LogP) is 3.61. The molecule has 0 spiro atoms. The minimum absolute atomic E-state index is 0.0522. The number of aromatic nitrogens is 2. The summed E-state index contributed by atoms with van der Waals surface area (Å²) in [5, 5.41) is 2.80. The van der Waals surface area contributed by atoms with Gasteiger partial charge in [0.25, 0.3) is 5.76 Å². The number of likely N-dealkylation sites (N-methyl/N-ethyl adjacent to an activating group) is 1. The van der Waals surface area contributed by atoms with Crippen LogP contribution >= 0.6 is 11.8 Å². The molecular formula is C22H22F2N4O4S. The van der Waals surface area contributed by atoms with Crippen LogP contribution in [0.15, 0.2) is 47.6 Å². The first-order valence-corrected chi connectivity index (χ1v) is 11.2. The maximum Gasteiger partial charge on any atom is 0.291 e. The molecule has 2 heterocycles. The second-order valence-electron chi connectivity index (χ2n) is 7.16. The summed E-state index contributed by atoms with van der Waals surface area (Å²) in [6.07, 6.45) is 0. The molecular weight excluding hydrogens is 454 g/mol. The molecule has 1 aliphatic rings. The summed E-state index contributed by atoms with van der Waals surface area (Å²) in [5.41, 5.74) is 1.61. The second-order valence-corrected chi connectivity index (χ2v) is 8.12. The maximum absolute atomic E-state index is 13.0. The summed E-state index contributed by atoms with van der Waals surface area (Å²) in [6.45, 7) is 2.52. The van der Waals surface area contributed by atoms with Crippen molar-refractivity contribution >= 4 is 40.3 Å². The van der Waals surface area contributed by atoms with E-state index in [-0.39, 0.29) is 48.4 Å². The quantitative estimate of drug-likeness (QED) is 0.500. The summed E-state index contributed by atoms with van der Waals surface area (Å²) in [4.78, 5) is 31.1. The highest BCUT2D eigenvalue weighted by molar-refractivity contribution is 7.99. The Morgan fingerprint density at radius 2 is 1.94 bits per heavy atom. The molecule has 0 bridgehead atoms. The first-order chi connectivity index (χ1) is 15.9. The van der Waals surface area contributed by atoms with E-state index in [1.165, 1.54) is 9.47 Å². The van der Waals surface area contributed by atoms with Gasteiger partial charge >= 0.3 is 0 Å². The van der Waals surface area contributed by atoms with E-state index in [2.05, 4.69) is 10.3 Å². The van der Waals surface area contributed by atoms with E-state index in [9.17, 15) is 18.4 Å². The van der Waals surface area contributed by atoms with Gasteiger partial charge in [-0.1, -0.05) is 12.1 Å². The fourth-order valence-electron chi connectivity index (χ4n) is 3.48. The minimum Gasteiger partial charge on any atom is -0.486 e. The number of rotatable bonds is 8. The van der Waals surface area contributed by atoms with Gasteiger partial charge in [-0.15, -0.1) is 0 Å². The van der Waals surface area contributed by atoms with Gasteiger partial charge in [0.15, 0.2) is 16.7 Å². The molecule has 1 aliphatic heterocycles. The number of hydrogen-bond acceptors (Lipinski definition) is 6. The van der Waals surface area contributed by atoms with Crippen molar-refractivity contribution in [3.05, 3.63) is 42.5 Å². The topological polar surface area (TPSA) is 85.7 Å². The second kappa shape index (κ2) is 10.1. The van der Waals surface area contributed by atoms with E-state index in [0.29, 0.717) is 41.4 Å². The molecule has 0 radical (unpaired) electrons. The van der Waals surface area contributed by atoms with Crippen molar-refractivity contribution in [3.63, 3.8) is 0 Å². The standard InChI is InChI=1S/C22H22F2N4O4S/c1-2-27(12-19(29)25-14-7-8-17-18(11-14)32-10-9-31-17)20(30)13-28-16-6-4-3-5-15(16)26-22(28)33-21(23)24/h3-8,11,21H,2,9-10,12-13H2,1H3,(H,25,29). The number of alkyl halides is 2. The number of halogens is 2. The van der Waals surface area contributed by atoms with Gasteiger partial charge in [-0.3, -0.25) is 9.59 Å². The van der Waals surface area contributed by atoms with Gasteiger partial charge in [0.2, 0.25) is 11.8 Å². The average molecular weight is 477 g/mol. The van der Waals surface area contributed by atoms with Crippen LogP contribution in [0.3, 0.4) is 0 Å². The molecule has 0 fully saturated rings. The molecule has 0 unspecified atom stereocenters. The van der Waals surface area contributed by atoms with Crippen molar-refractivity contribution in [2.45, 2.75) is 24.4 Å². The largest absolute Gasteiger partial charge is 0.486 e. The molecule has 174 valence electrons. The predicted molar refractivity (Wildman–Crippen MR) is 120 cm³/mol. The first-order valence-electron chi connectivity index (χ1n) is 10.3. The normalized spacial score (nSPS) is 12.7. The van der Waals surface area contributed by atoms with Gasteiger partial charge in [0, 0.05) is 18.3 Å². The van der Waals surface area contributed by atoms with Gasteiger partial charge < -0.3 is 24.3 Å². The van der Waals surface area contributed by atoms with Crippen molar-refractivity contribution < 1.29 is 27.8 Å². The van der Waals surface area contributed by atoms with Gasteiger partial charge in [-0.25, -0.2) is 4.98 Å². The zero-order valence-electron chi connectivity index (χ0n) is 17.8. The highest BCUT2D eigenvalue weighted by Crippen LogP contribution is 2.32. The van der Waals surface area contributed by atoms with E-state index in [4.69, 9.17) is 9.47 Å². The number of carbonyl (C=O) groups excluding carboxylic acids is 2. The lowest BCUT2D eigenvalue weighted by Gasteiger charge is -2.22. The Labute approximate surface area is 192 Å². The van der Waals surface area contributed by atoms with Gasteiger partial charge in [0.1, 0.15) is 19.8 Å². The molecule has 33 heavy (non-hydrogen) atoms. The number of para-hydroxylation sites is 2. The van der Waals surface area contributed by atoms with Crippen LogP contribution in [0.25, 0.3) is 11.0 Å². The number of fused-ring (bicyclic) bond motifs is 2. The van der Waals surface area contributed by atoms with Gasteiger partial charge in [-0.2, -0.15) is 8.78 Å². The van der Waals surface area contributed by atoms with Gasteiger partial charge in [-0.05, 0) is 43.0 Å². The number of amides is 2. The molecule has 11 heteroatoms. The number of imidazole rings is 1. The Morgan fingerprint density at radius 1 is 1.18 bits per heavy atom. The Balaban J connectivity index is 1.45. The van der Waals surface area contributed by atoms with Crippen molar-refractivity contribution in [2.75, 3.05) is 31.6 Å². The monoisotopic (exact) mass is 476 g/mol. The lowest BCUT2D eigenvalue weighted by Crippen LogP contribution is -2.39. The fraction of sp³-hybridized carbons (Fsp3) is 0.318. The number of nitrogens with one attached hydrogen (secondary N) is 1. The number of hydrogen-bond donors (Lipinski definition) is 1. The summed E-state index contributed by atoms with van der Waals surface area (Å²) in [5.74, 6) is -2.29. The molecule has 0 saturated heterocycles. The minimum atomic E-state index is -2.67. The van der Waals surface area contributed by atoms with Crippen LogP contribution in [-0.4, -0.2) is 58.3 Å². The fourth-order valence-corrected chi connectivity index (χ4v) is 4.08. The first kappa shape index (κ1) is 22.8. The Bertz CT molecular complexity index is 1170. The van der Waals surface area contributed by atoms with E-state index >= 15 is 0 Å². The highest BCUT2D eigenvalue weighted by atomic mass is 32.2. The lowest BCUT2D eigenvalue weighted by molar-refractivity contribution is -0.135. The number of thioether (sulfide) groups is 1. The number of ether oxygens (including phenoxy) is 2. The van der Waals surface area contributed by atoms with Crippen LogP contribution in [0.5, 0.6) is 11.5 Å². The number of benzene rings is 2. The smallest absolute Gasteiger partial charge is 0.291 e. The Kier molecular flexibility index (Phi) is 6.97. The summed E-state index contributed by atoms with van der Waals surface area (Å²) in [7, 11) is 0. The Morgan fingerprint density at radius 3 is 2.70 bits per heavy atom. The van der Waals surface area contributed by atoms with Crippen molar-refractivity contribution in [2.24, 2.45) is 0 Å². The average Bonchev–Trinajstić information content (AvgIpc) is 3.13. The van der Waals surface area contributed by atoms with Crippen LogP contribution in [0.1, 0.15) is 6.92 Å².